The Kier molecular flexibility index (Phi) is 3.80. The number of nitrogens with one attached hydrogen (secondary N) is 1. The minimum absolute atomic E-state index is 0.131. The van der Waals surface area contributed by atoms with Crippen molar-refractivity contribution in [2.24, 2.45) is 0 Å². The summed E-state index contributed by atoms with van der Waals surface area (Å²) in [6, 6.07) is 1.41. The Morgan fingerprint density at radius 2 is 1.74 bits per heavy atom. The lowest BCUT2D eigenvalue weighted by molar-refractivity contribution is -0.120. The predicted molar refractivity (Wildman–Crippen MR) is 63.0 cm³/mol. The van der Waals surface area contributed by atoms with Gasteiger partial charge in [-0.15, -0.1) is 0 Å². The van der Waals surface area contributed by atoms with Crippen LogP contribution in [0.25, 0.3) is 0 Å². The number of halogens is 3. The Bertz CT molecular complexity index is 476. The Morgan fingerprint density at radius 3 is 2.26 bits per heavy atom. The van der Waals surface area contributed by atoms with E-state index < -0.39 is 29.0 Å². The molecule has 1 saturated carbocycles. The summed E-state index contributed by atoms with van der Waals surface area (Å²) >= 11 is 0. The largest absolute Gasteiger partial charge is 0.389 e. The van der Waals surface area contributed by atoms with Gasteiger partial charge in [-0.05, 0) is 12.8 Å². The number of amides is 1. The van der Waals surface area contributed by atoms with Crippen LogP contribution in [0.15, 0.2) is 12.1 Å². The summed E-state index contributed by atoms with van der Waals surface area (Å²) in [4.78, 5) is 11.7. The molecule has 104 valence electrons. The predicted octanol–water partition coefficient (Wildman–Crippen LogP) is 2.74. The maximum Gasteiger partial charge on any atom is 0.227 e. The molecule has 0 radical (unpaired) electrons. The highest BCUT2D eigenvalue weighted by molar-refractivity contribution is 5.91. The zero-order valence-corrected chi connectivity index (χ0v) is 10.2. The van der Waals surface area contributed by atoms with Crippen LogP contribution < -0.4 is 5.32 Å². The molecule has 1 aliphatic rings. The Morgan fingerprint density at radius 1 is 1.21 bits per heavy atom. The van der Waals surface area contributed by atoms with Crippen molar-refractivity contribution in [3.63, 3.8) is 0 Å². The molecule has 0 saturated heterocycles. The van der Waals surface area contributed by atoms with Gasteiger partial charge >= 0.3 is 0 Å². The van der Waals surface area contributed by atoms with Gasteiger partial charge in [-0.3, -0.25) is 4.79 Å². The number of hydrogen-bond acceptors (Lipinski definition) is 2. The van der Waals surface area contributed by atoms with Gasteiger partial charge in [-0.1, -0.05) is 12.8 Å². The number of carbonyl (C=O) groups is 1. The topological polar surface area (TPSA) is 49.3 Å². The minimum Gasteiger partial charge on any atom is -0.389 e. The van der Waals surface area contributed by atoms with Crippen LogP contribution in [0.2, 0.25) is 0 Å². The number of benzene rings is 1. The smallest absolute Gasteiger partial charge is 0.227 e. The highest BCUT2D eigenvalue weighted by Crippen LogP contribution is 2.32. The van der Waals surface area contributed by atoms with E-state index in [2.05, 4.69) is 5.32 Å². The zero-order valence-electron chi connectivity index (χ0n) is 10.2. The van der Waals surface area contributed by atoms with Crippen molar-refractivity contribution in [1.82, 2.24) is 0 Å². The summed E-state index contributed by atoms with van der Waals surface area (Å²) in [5.74, 6) is -4.85. The Balaban J connectivity index is 2.03. The van der Waals surface area contributed by atoms with E-state index in [1.165, 1.54) is 0 Å². The van der Waals surface area contributed by atoms with Crippen LogP contribution in [0.5, 0.6) is 0 Å². The first-order valence-electron chi connectivity index (χ1n) is 6.06. The lowest BCUT2D eigenvalue weighted by Crippen LogP contribution is -2.30. The van der Waals surface area contributed by atoms with Gasteiger partial charge in [0.05, 0.1) is 12.0 Å². The van der Waals surface area contributed by atoms with Gasteiger partial charge in [0.25, 0.3) is 0 Å². The molecule has 1 fully saturated rings. The molecule has 0 unspecified atom stereocenters. The van der Waals surface area contributed by atoms with Crippen molar-refractivity contribution in [2.45, 2.75) is 37.7 Å². The highest BCUT2D eigenvalue weighted by Gasteiger charge is 2.33. The normalized spacial score (nSPS) is 17.5. The molecule has 3 nitrogen and oxygen atoms in total. The van der Waals surface area contributed by atoms with Gasteiger partial charge in [-0.25, -0.2) is 13.2 Å². The average Bonchev–Trinajstić information content (AvgIpc) is 2.72. The fourth-order valence-corrected chi connectivity index (χ4v) is 2.34. The molecule has 0 aromatic heterocycles. The van der Waals surface area contributed by atoms with Crippen molar-refractivity contribution in [3.8, 4) is 0 Å². The van der Waals surface area contributed by atoms with Gasteiger partial charge in [0.1, 0.15) is 0 Å². The van der Waals surface area contributed by atoms with E-state index in [0.717, 1.165) is 12.8 Å². The number of aliphatic hydroxyl groups is 1. The van der Waals surface area contributed by atoms with Gasteiger partial charge in [0.2, 0.25) is 5.91 Å². The number of rotatable bonds is 3. The number of anilines is 1. The number of carbonyl (C=O) groups excluding carboxylic acids is 1. The summed E-state index contributed by atoms with van der Waals surface area (Å²) in [6.07, 6.45) is 2.64. The molecule has 1 aromatic carbocycles. The number of hydrogen-bond donors (Lipinski definition) is 2. The molecular weight excluding hydrogens is 259 g/mol. The lowest BCUT2D eigenvalue weighted by atomic mass is 9.97. The molecular formula is C13H14F3NO2. The first-order valence-corrected chi connectivity index (χ1v) is 6.06. The third-order valence-corrected chi connectivity index (χ3v) is 3.29. The van der Waals surface area contributed by atoms with E-state index in [1.54, 1.807) is 0 Å². The summed E-state index contributed by atoms with van der Waals surface area (Å²) in [5.41, 5.74) is -1.20. The second kappa shape index (κ2) is 5.21. The standard InChI is InChI=1S/C13H14F3NO2/c14-9-5-8(6-10(15)12(9)16)17-11(18)7-13(19)3-1-2-4-13/h5-6,19H,1-4,7H2,(H,17,18). The minimum atomic E-state index is -1.58. The Hall–Kier alpha value is -1.56. The fraction of sp³-hybridized carbons (Fsp3) is 0.462. The second-order valence-corrected chi connectivity index (χ2v) is 4.91. The summed E-state index contributed by atoms with van der Waals surface area (Å²) in [7, 11) is 0. The third kappa shape index (κ3) is 3.26. The van der Waals surface area contributed by atoms with Crippen LogP contribution in [0.3, 0.4) is 0 Å². The maximum atomic E-state index is 13.0. The van der Waals surface area contributed by atoms with Crippen LogP contribution in [0.1, 0.15) is 32.1 Å². The molecule has 19 heavy (non-hydrogen) atoms. The van der Waals surface area contributed by atoms with Gasteiger partial charge in [0.15, 0.2) is 17.5 Å². The monoisotopic (exact) mass is 273 g/mol. The van der Waals surface area contributed by atoms with Crippen molar-refractivity contribution in [3.05, 3.63) is 29.6 Å². The molecule has 6 heteroatoms. The highest BCUT2D eigenvalue weighted by atomic mass is 19.2. The van der Waals surface area contributed by atoms with Crippen LogP contribution in [0, 0.1) is 17.5 Å². The van der Waals surface area contributed by atoms with Crippen LogP contribution in [-0.2, 0) is 4.79 Å². The molecule has 0 atom stereocenters. The first-order chi connectivity index (χ1) is 8.89. The summed E-state index contributed by atoms with van der Waals surface area (Å²) < 4.78 is 38.6. The molecule has 1 aliphatic carbocycles. The quantitative estimate of drug-likeness (QED) is 0.832. The molecule has 0 aliphatic heterocycles. The van der Waals surface area contributed by atoms with Crippen LogP contribution in [-0.4, -0.2) is 16.6 Å². The fourth-order valence-electron chi connectivity index (χ4n) is 2.34. The van der Waals surface area contributed by atoms with E-state index in [9.17, 15) is 23.1 Å². The third-order valence-electron chi connectivity index (χ3n) is 3.29. The van der Waals surface area contributed by atoms with Gasteiger partial charge < -0.3 is 10.4 Å². The Labute approximate surface area is 108 Å². The molecule has 0 bridgehead atoms. The summed E-state index contributed by atoms with van der Waals surface area (Å²) in [5, 5.41) is 12.3. The molecule has 1 amide bonds. The first kappa shape index (κ1) is 13.9. The second-order valence-electron chi connectivity index (χ2n) is 4.91. The van der Waals surface area contributed by atoms with Gasteiger partial charge in [-0.2, -0.15) is 0 Å². The van der Waals surface area contributed by atoms with E-state index in [4.69, 9.17) is 0 Å². The van der Waals surface area contributed by atoms with Crippen LogP contribution in [0.4, 0.5) is 18.9 Å². The molecule has 0 heterocycles. The van der Waals surface area contributed by atoms with E-state index in [-0.39, 0.29) is 12.1 Å². The van der Waals surface area contributed by atoms with E-state index in [1.807, 2.05) is 0 Å². The molecule has 2 rings (SSSR count). The van der Waals surface area contributed by atoms with Crippen molar-refractivity contribution in [2.75, 3.05) is 5.32 Å². The van der Waals surface area contributed by atoms with Crippen molar-refractivity contribution in [1.29, 1.82) is 0 Å². The van der Waals surface area contributed by atoms with Gasteiger partial charge in [0, 0.05) is 17.8 Å². The average molecular weight is 273 g/mol. The zero-order chi connectivity index (χ0) is 14.0. The van der Waals surface area contributed by atoms with E-state index in [0.29, 0.717) is 25.0 Å². The van der Waals surface area contributed by atoms with Crippen LogP contribution >= 0.6 is 0 Å². The van der Waals surface area contributed by atoms with Crippen molar-refractivity contribution < 1.29 is 23.1 Å². The maximum absolute atomic E-state index is 13.0. The molecule has 1 aromatic rings. The van der Waals surface area contributed by atoms with Crippen molar-refractivity contribution >= 4 is 11.6 Å². The molecule has 0 spiro atoms. The SMILES string of the molecule is O=C(CC1(O)CCCC1)Nc1cc(F)c(F)c(F)c1. The summed E-state index contributed by atoms with van der Waals surface area (Å²) in [6.45, 7) is 0. The molecule has 2 N–H and O–H groups in total. The van der Waals surface area contributed by atoms with E-state index >= 15 is 0 Å². The lowest BCUT2D eigenvalue weighted by Gasteiger charge is -2.21.